The van der Waals surface area contributed by atoms with Crippen molar-refractivity contribution in [2.75, 3.05) is 12.8 Å². The Morgan fingerprint density at radius 3 is 2.43 bits per heavy atom. The van der Waals surface area contributed by atoms with Crippen molar-refractivity contribution in [3.8, 4) is 5.75 Å². The second-order valence-corrected chi connectivity index (χ2v) is 4.55. The van der Waals surface area contributed by atoms with Crippen molar-refractivity contribution in [2.45, 2.75) is 13.2 Å². The quantitative estimate of drug-likeness (QED) is 0.650. The van der Waals surface area contributed by atoms with Crippen LogP contribution in [0.5, 0.6) is 5.75 Å². The van der Waals surface area contributed by atoms with E-state index in [1.54, 1.807) is 42.5 Å². The third-order valence-electron chi connectivity index (χ3n) is 2.98. The van der Waals surface area contributed by atoms with Gasteiger partial charge in [-0.1, -0.05) is 24.3 Å². The number of carbonyl (C=O) groups is 1. The molecule has 0 bridgehead atoms. The number of nitrogens with two attached hydrogens (primary N) is 1. The third-order valence-corrected chi connectivity index (χ3v) is 2.98. The Hall–Kier alpha value is -2.53. The molecular weight excluding hydrogens is 270 g/mol. The van der Waals surface area contributed by atoms with Crippen LogP contribution in [0.4, 0.5) is 5.69 Å². The number of rotatable bonds is 5. The molecule has 0 fully saturated rings. The predicted octanol–water partition coefficient (Wildman–Crippen LogP) is 2.13. The van der Waals surface area contributed by atoms with Crippen molar-refractivity contribution < 1.29 is 19.4 Å². The van der Waals surface area contributed by atoms with Gasteiger partial charge in [-0.3, -0.25) is 0 Å². The standard InChI is InChI=1S/C16H17NO4/c1-20-15-7-13(6-14(17)8-15)16(19)21-10-12-4-2-11(9-18)3-5-12/h2-8,18H,9-10,17H2,1H3. The van der Waals surface area contributed by atoms with Gasteiger partial charge in [-0.2, -0.15) is 0 Å². The van der Waals surface area contributed by atoms with E-state index in [1.807, 2.05) is 0 Å². The van der Waals surface area contributed by atoms with Crippen LogP contribution in [-0.2, 0) is 18.0 Å². The molecule has 0 radical (unpaired) electrons. The Labute approximate surface area is 122 Å². The van der Waals surface area contributed by atoms with Crippen molar-refractivity contribution in [1.82, 2.24) is 0 Å². The van der Waals surface area contributed by atoms with Crippen LogP contribution in [0, 0.1) is 0 Å². The number of benzene rings is 2. The van der Waals surface area contributed by atoms with Crippen molar-refractivity contribution in [1.29, 1.82) is 0 Å². The number of methoxy groups -OCH3 is 1. The number of hydrogen-bond acceptors (Lipinski definition) is 5. The summed E-state index contributed by atoms with van der Waals surface area (Å²) in [6.45, 7) is 0.144. The Bertz CT molecular complexity index is 623. The topological polar surface area (TPSA) is 81.8 Å². The molecule has 0 amide bonds. The molecule has 3 N–H and O–H groups in total. The van der Waals surface area contributed by atoms with Crippen molar-refractivity contribution in [2.24, 2.45) is 0 Å². The maximum absolute atomic E-state index is 12.0. The number of nitrogen functional groups attached to an aromatic ring is 1. The molecule has 0 saturated heterocycles. The number of anilines is 1. The number of ether oxygens (including phenoxy) is 2. The molecule has 21 heavy (non-hydrogen) atoms. The van der Waals surface area contributed by atoms with E-state index in [9.17, 15) is 4.79 Å². The first-order chi connectivity index (χ1) is 10.1. The lowest BCUT2D eigenvalue weighted by molar-refractivity contribution is 0.0472. The van der Waals surface area contributed by atoms with E-state index in [0.29, 0.717) is 17.0 Å². The third kappa shape index (κ3) is 3.97. The van der Waals surface area contributed by atoms with E-state index in [1.165, 1.54) is 7.11 Å². The van der Waals surface area contributed by atoms with Gasteiger partial charge in [0.1, 0.15) is 12.4 Å². The molecular formula is C16H17NO4. The van der Waals surface area contributed by atoms with E-state index in [0.717, 1.165) is 11.1 Å². The minimum Gasteiger partial charge on any atom is -0.497 e. The van der Waals surface area contributed by atoms with Gasteiger partial charge in [0.15, 0.2) is 0 Å². The maximum Gasteiger partial charge on any atom is 0.338 e. The monoisotopic (exact) mass is 287 g/mol. The number of carbonyl (C=O) groups excluding carboxylic acids is 1. The Morgan fingerprint density at radius 2 is 1.81 bits per heavy atom. The average Bonchev–Trinajstić information content (AvgIpc) is 2.52. The Morgan fingerprint density at radius 1 is 1.14 bits per heavy atom. The van der Waals surface area contributed by atoms with Crippen LogP contribution in [-0.4, -0.2) is 18.2 Å². The fourth-order valence-corrected chi connectivity index (χ4v) is 1.83. The molecule has 0 saturated carbocycles. The summed E-state index contributed by atoms with van der Waals surface area (Å²) in [6, 6.07) is 11.9. The summed E-state index contributed by atoms with van der Waals surface area (Å²) in [5, 5.41) is 8.96. The summed E-state index contributed by atoms with van der Waals surface area (Å²) in [6.07, 6.45) is 0. The van der Waals surface area contributed by atoms with Gasteiger partial charge in [-0.15, -0.1) is 0 Å². The zero-order valence-electron chi connectivity index (χ0n) is 11.7. The van der Waals surface area contributed by atoms with Gasteiger partial charge in [0.05, 0.1) is 19.3 Å². The van der Waals surface area contributed by atoms with Crippen LogP contribution >= 0.6 is 0 Å². The summed E-state index contributed by atoms with van der Waals surface area (Å²) in [5.74, 6) is 0.0427. The fraction of sp³-hybridized carbons (Fsp3) is 0.188. The highest BCUT2D eigenvalue weighted by Crippen LogP contribution is 2.19. The van der Waals surface area contributed by atoms with Crippen molar-refractivity contribution >= 4 is 11.7 Å². The van der Waals surface area contributed by atoms with Crippen LogP contribution in [0.15, 0.2) is 42.5 Å². The van der Waals surface area contributed by atoms with E-state index in [-0.39, 0.29) is 13.2 Å². The molecule has 2 aromatic carbocycles. The minimum atomic E-state index is -0.466. The van der Waals surface area contributed by atoms with Gasteiger partial charge in [0.2, 0.25) is 0 Å². The van der Waals surface area contributed by atoms with E-state index < -0.39 is 5.97 Å². The van der Waals surface area contributed by atoms with Gasteiger partial charge in [-0.25, -0.2) is 4.79 Å². The van der Waals surface area contributed by atoms with E-state index in [4.69, 9.17) is 20.3 Å². The number of esters is 1. The lowest BCUT2D eigenvalue weighted by Gasteiger charge is -2.08. The second kappa shape index (κ2) is 6.76. The molecule has 5 heteroatoms. The average molecular weight is 287 g/mol. The first-order valence-corrected chi connectivity index (χ1v) is 6.42. The highest BCUT2D eigenvalue weighted by atomic mass is 16.5. The molecule has 5 nitrogen and oxygen atoms in total. The van der Waals surface area contributed by atoms with Crippen LogP contribution in [0.25, 0.3) is 0 Å². The highest BCUT2D eigenvalue weighted by molar-refractivity contribution is 5.91. The van der Waals surface area contributed by atoms with Gasteiger partial charge in [-0.05, 0) is 23.3 Å². The number of aliphatic hydroxyl groups excluding tert-OH is 1. The molecule has 0 heterocycles. The lowest BCUT2D eigenvalue weighted by atomic mass is 10.1. The number of aliphatic hydroxyl groups is 1. The van der Waals surface area contributed by atoms with Crippen LogP contribution < -0.4 is 10.5 Å². The Balaban J connectivity index is 2.02. The maximum atomic E-state index is 12.0. The smallest absolute Gasteiger partial charge is 0.338 e. The summed E-state index contributed by atoms with van der Waals surface area (Å²) in [4.78, 5) is 12.0. The zero-order chi connectivity index (χ0) is 15.2. The molecule has 2 aromatic rings. The van der Waals surface area contributed by atoms with Crippen LogP contribution in [0.2, 0.25) is 0 Å². The first kappa shape index (κ1) is 14.9. The highest BCUT2D eigenvalue weighted by Gasteiger charge is 2.10. The molecule has 0 aliphatic carbocycles. The zero-order valence-corrected chi connectivity index (χ0v) is 11.7. The number of hydrogen-bond donors (Lipinski definition) is 2. The van der Waals surface area contributed by atoms with E-state index in [2.05, 4.69) is 0 Å². The van der Waals surface area contributed by atoms with Crippen LogP contribution in [0.3, 0.4) is 0 Å². The molecule has 2 rings (SSSR count). The van der Waals surface area contributed by atoms with Gasteiger partial charge >= 0.3 is 5.97 Å². The minimum absolute atomic E-state index is 0.0108. The van der Waals surface area contributed by atoms with Gasteiger partial charge in [0.25, 0.3) is 0 Å². The lowest BCUT2D eigenvalue weighted by Crippen LogP contribution is -2.06. The SMILES string of the molecule is COc1cc(N)cc(C(=O)OCc2ccc(CO)cc2)c1. The Kier molecular flexibility index (Phi) is 4.79. The predicted molar refractivity (Wildman–Crippen MR) is 78.9 cm³/mol. The van der Waals surface area contributed by atoms with Crippen molar-refractivity contribution in [3.63, 3.8) is 0 Å². The summed E-state index contributed by atoms with van der Waals surface area (Å²) < 4.78 is 10.3. The normalized spacial score (nSPS) is 10.2. The van der Waals surface area contributed by atoms with E-state index >= 15 is 0 Å². The fourth-order valence-electron chi connectivity index (χ4n) is 1.83. The first-order valence-electron chi connectivity index (χ1n) is 6.42. The summed E-state index contributed by atoms with van der Waals surface area (Å²) in [5.41, 5.74) is 8.14. The molecule has 0 unspecified atom stereocenters. The van der Waals surface area contributed by atoms with Crippen LogP contribution in [0.1, 0.15) is 21.5 Å². The van der Waals surface area contributed by atoms with Gasteiger partial charge < -0.3 is 20.3 Å². The molecule has 0 aliphatic rings. The molecule has 0 aliphatic heterocycles. The van der Waals surface area contributed by atoms with Gasteiger partial charge in [0, 0.05) is 11.8 Å². The summed E-state index contributed by atoms with van der Waals surface area (Å²) >= 11 is 0. The second-order valence-electron chi connectivity index (χ2n) is 4.55. The molecule has 110 valence electrons. The molecule has 0 spiro atoms. The molecule has 0 atom stereocenters. The van der Waals surface area contributed by atoms with Crippen molar-refractivity contribution in [3.05, 3.63) is 59.2 Å². The molecule has 0 aromatic heterocycles. The summed E-state index contributed by atoms with van der Waals surface area (Å²) in [7, 11) is 1.51. The largest absolute Gasteiger partial charge is 0.497 e.